The Morgan fingerprint density at radius 2 is 1.12 bits per heavy atom. The standard InChI is InChI=1S/C40H33N5.2C2H6/c1-3-4-9-39(41-2)40-17-13-30-21-28(11-15-37(30)45-40)27-10-14-36-29(20-27)12-16-38(44-36)35-23-33(31-7-5-18-42-25-31)22-34(24-35)32-8-6-19-43-26-32;2*1-2/h5-26,41H,3-4H2,1-2H3;2*1-2H3/b39-9-;;. The van der Waals surface area contributed by atoms with Gasteiger partial charge in [0.2, 0.25) is 0 Å². The van der Waals surface area contributed by atoms with Crippen molar-refractivity contribution in [2.75, 3.05) is 7.05 Å². The fraction of sp³-hybridized carbons (Fsp3) is 0.182. The Morgan fingerprint density at radius 1 is 0.571 bits per heavy atom. The summed E-state index contributed by atoms with van der Waals surface area (Å²) in [5.74, 6) is 0. The van der Waals surface area contributed by atoms with E-state index in [9.17, 15) is 0 Å². The second-order valence-electron chi connectivity index (χ2n) is 11.1. The number of rotatable bonds is 8. The quantitative estimate of drug-likeness (QED) is 0.178. The zero-order chi connectivity index (χ0) is 34.6. The second-order valence-corrected chi connectivity index (χ2v) is 11.1. The molecule has 0 bridgehead atoms. The largest absolute Gasteiger partial charge is 0.387 e. The molecule has 5 nitrogen and oxygen atoms in total. The van der Waals surface area contributed by atoms with Crippen LogP contribution in [0.5, 0.6) is 0 Å². The molecule has 0 radical (unpaired) electrons. The van der Waals surface area contributed by atoms with E-state index >= 15 is 0 Å². The molecule has 1 N–H and O–H groups in total. The molecule has 0 unspecified atom stereocenters. The summed E-state index contributed by atoms with van der Waals surface area (Å²) in [6, 6.07) is 36.2. The highest BCUT2D eigenvalue weighted by Gasteiger charge is 2.11. The van der Waals surface area contributed by atoms with Crippen molar-refractivity contribution < 1.29 is 0 Å². The first-order chi connectivity index (χ1) is 24.2. The van der Waals surface area contributed by atoms with Crippen LogP contribution in [0.4, 0.5) is 0 Å². The number of hydrogen-bond donors (Lipinski definition) is 1. The number of nitrogens with one attached hydrogen (secondary N) is 1. The van der Waals surface area contributed by atoms with Crippen molar-refractivity contribution in [1.82, 2.24) is 25.3 Å². The SMILES string of the molecule is CC.CC.CCC/C=C(\NC)c1ccc2cc(-c3ccc4nc(-c5cc(-c6cccnc6)cc(-c6cccnc6)c5)ccc4c3)ccc2n1. The highest BCUT2D eigenvalue weighted by molar-refractivity contribution is 5.91. The maximum absolute atomic E-state index is 5.10. The molecule has 0 aliphatic rings. The van der Waals surface area contributed by atoms with Gasteiger partial charge < -0.3 is 5.32 Å². The molecule has 4 heterocycles. The summed E-state index contributed by atoms with van der Waals surface area (Å²) in [6.07, 6.45) is 11.7. The predicted octanol–water partition coefficient (Wildman–Crippen LogP) is 11.7. The van der Waals surface area contributed by atoms with Crippen molar-refractivity contribution in [2.24, 2.45) is 0 Å². The monoisotopic (exact) mass is 643 g/mol. The van der Waals surface area contributed by atoms with Crippen LogP contribution in [0.3, 0.4) is 0 Å². The third-order valence-corrected chi connectivity index (χ3v) is 8.11. The molecule has 7 rings (SSSR count). The van der Waals surface area contributed by atoms with Crippen molar-refractivity contribution in [1.29, 1.82) is 0 Å². The van der Waals surface area contributed by atoms with Gasteiger partial charge in [-0.05, 0) is 95.4 Å². The molecule has 0 spiro atoms. The van der Waals surface area contributed by atoms with E-state index in [-0.39, 0.29) is 0 Å². The lowest BCUT2D eigenvalue weighted by atomic mass is 9.95. The summed E-state index contributed by atoms with van der Waals surface area (Å²) in [7, 11) is 1.95. The predicted molar refractivity (Wildman–Crippen MR) is 209 cm³/mol. The molecule has 0 saturated heterocycles. The van der Waals surface area contributed by atoms with Crippen LogP contribution in [0.1, 0.15) is 53.2 Å². The summed E-state index contributed by atoms with van der Waals surface area (Å²) < 4.78 is 0. The highest BCUT2D eigenvalue weighted by Crippen LogP contribution is 2.33. The summed E-state index contributed by atoms with van der Waals surface area (Å²) in [5, 5.41) is 5.51. The van der Waals surface area contributed by atoms with E-state index in [4.69, 9.17) is 9.97 Å². The molecule has 5 heteroatoms. The van der Waals surface area contributed by atoms with Crippen molar-refractivity contribution in [2.45, 2.75) is 47.5 Å². The van der Waals surface area contributed by atoms with E-state index in [2.05, 4.69) is 119 Å². The third-order valence-electron chi connectivity index (χ3n) is 8.11. The number of benzene rings is 3. The number of fused-ring (bicyclic) bond motifs is 2. The van der Waals surface area contributed by atoms with E-state index in [1.807, 2.05) is 59.3 Å². The Kier molecular flexibility index (Phi) is 12.0. The fourth-order valence-corrected chi connectivity index (χ4v) is 5.72. The highest BCUT2D eigenvalue weighted by atomic mass is 14.9. The van der Waals surface area contributed by atoms with Crippen molar-refractivity contribution in [3.05, 3.63) is 140 Å². The Morgan fingerprint density at radius 3 is 1.65 bits per heavy atom. The summed E-state index contributed by atoms with van der Waals surface area (Å²) >= 11 is 0. The maximum Gasteiger partial charge on any atom is 0.0865 e. The lowest BCUT2D eigenvalue weighted by molar-refractivity contribution is 0.947. The van der Waals surface area contributed by atoms with E-state index < -0.39 is 0 Å². The molecular formula is C44H45N5. The van der Waals surface area contributed by atoms with Crippen molar-refractivity contribution in [3.8, 4) is 44.6 Å². The van der Waals surface area contributed by atoms with Crippen LogP contribution in [-0.2, 0) is 0 Å². The Bertz CT molecular complexity index is 2100. The Hall–Kier alpha value is -5.68. The molecule has 3 aromatic carbocycles. The maximum atomic E-state index is 5.10. The van der Waals surface area contributed by atoms with E-state index in [1.54, 1.807) is 12.4 Å². The number of pyridine rings is 4. The van der Waals surface area contributed by atoms with E-state index in [0.717, 1.165) is 90.7 Å². The van der Waals surface area contributed by atoms with Gasteiger partial charge in [-0.15, -0.1) is 0 Å². The van der Waals surface area contributed by atoms with Crippen LogP contribution >= 0.6 is 0 Å². The van der Waals surface area contributed by atoms with Crippen LogP contribution in [0.15, 0.2) is 134 Å². The second kappa shape index (κ2) is 16.9. The molecule has 0 fully saturated rings. The van der Waals surface area contributed by atoms with Gasteiger partial charge in [-0.2, -0.15) is 0 Å². The molecule has 0 amide bonds. The molecule has 0 saturated carbocycles. The molecule has 0 aliphatic heterocycles. The van der Waals surface area contributed by atoms with Gasteiger partial charge in [-0.3, -0.25) is 9.97 Å². The Labute approximate surface area is 290 Å². The first-order valence-corrected chi connectivity index (χ1v) is 17.3. The minimum absolute atomic E-state index is 0.924. The molecular weight excluding hydrogens is 599 g/mol. The minimum Gasteiger partial charge on any atom is -0.387 e. The lowest BCUT2D eigenvalue weighted by Crippen LogP contribution is -2.06. The first-order valence-electron chi connectivity index (χ1n) is 17.3. The third kappa shape index (κ3) is 8.07. The number of aromatic nitrogens is 4. The number of nitrogens with zero attached hydrogens (tertiary/aromatic N) is 4. The lowest BCUT2D eigenvalue weighted by Gasteiger charge is -2.12. The van der Waals surface area contributed by atoms with Crippen LogP contribution in [0.25, 0.3) is 72.1 Å². The van der Waals surface area contributed by atoms with Crippen LogP contribution in [0, 0.1) is 0 Å². The molecule has 0 aliphatic carbocycles. The smallest absolute Gasteiger partial charge is 0.0865 e. The molecule has 7 aromatic rings. The minimum atomic E-state index is 0.924. The molecule has 246 valence electrons. The zero-order valence-corrected chi connectivity index (χ0v) is 29.4. The van der Waals surface area contributed by atoms with Gasteiger partial charge >= 0.3 is 0 Å². The van der Waals surface area contributed by atoms with Crippen LogP contribution in [-0.4, -0.2) is 27.0 Å². The summed E-state index contributed by atoms with van der Waals surface area (Å²) in [6.45, 7) is 10.2. The molecule has 49 heavy (non-hydrogen) atoms. The number of hydrogen-bond acceptors (Lipinski definition) is 5. The van der Waals surface area contributed by atoms with Crippen molar-refractivity contribution >= 4 is 27.5 Å². The summed E-state index contributed by atoms with van der Waals surface area (Å²) in [5.41, 5.74) is 12.6. The van der Waals surface area contributed by atoms with Gasteiger partial charge in [0.25, 0.3) is 0 Å². The zero-order valence-electron chi connectivity index (χ0n) is 29.4. The van der Waals surface area contributed by atoms with Gasteiger partial charge in [0.15, 0.2) is 0 Å². The van der Waals surface area contributed by atoms with E-state index in [1.165, 1.54) is 0 Å². The number of unbranched alkanes of at least 4 members (excludes halogenated alkanes) is 1. The van der Waals surface area contributed by atoms with Gasteiger partial charge in [0.1, 0.15) is 0 Å². The van der Waals surface area contributed by atoms with Gasteiger partial charge in [-0.25, -0.2) is 9.97 Å². The summed E-state index contributed by atoms with van der Waals surface area (Å²) in [4.78, 5) is 18.7. The number of allylic oxidation sites excluding steroid dienone is 1. The van der Waals surface area contributed by atoms with Gasteiger partial charge in [0.05, 0.1) is 28.1 Å². The normalized spacial score (nSPS) is 10.9. The molecule has 4 aromatic heterocycles. The van der Waals surface area contributed by atoms with Crippen LogP contribution < -0.4 is 5.32 Å². The average molecular weight is 644 g/mol. The average Bonchev–Trinajstić information content (AvgIpc) is 3.19. The van der Waals surface area contributed by atoms with Gasteiger partial charge in [0, 0.05) is 59.3 Å². The van der Waals surface area contributed by atoms with Gasteiger partial charge in [-0.1, -0.05) is 83.5 Å². The van der Waals surface area contributed by atoms with Crippen molar-refractivity contribution in [3.63, 3.8) is 0 Å². The topological polar surface area (TPSA) is 63.6 Å². The Balaban J connectivity index is 0.00000113. The van der Waals surface area contributed by atoms with Crippen LogP contribution in [0.2, 0.25) is 0 Å². The fourth-order valence-electron chi connectivity index (χ4n) is 5.72. The molecule has 0 atom stereocenters. The first kappa shape index (κ1) is 34.6. The van der Waals surface area contributed by atoms with E-state index in [0.29, 0.717) is 0 Å².